The SMILES string of the molecule is Cc1cccc(OCC(=O)Nc2nnc(-c3ccc4c(c3)OCO4)s2)c1. The third-order valence-corrected chi connectivity index (χ3v) is 4.54. The zero-order valence-corrected chi connectivity index (χ0v) is 14.7. The van der Waals surface area contributed by atoms with Crippen LogP contribution in [-0.2, 0) is 4.79 Å². The molecule has 2 aromatic carbocycles. The van der Waals surface area contributed by atoms with Crippen molar-refractivity contribution in [1.82, 2.24) is 10.2 Å². The topological polar surface area (TPSA) is 82.6 Å². The first-order valence-corrected chi connectivity index (χ1v) is 8.72. The average molecular weight is 369 g/mol. The number of rotatable bonds is 5. The number of amides is 1. The fraction of sp³-hybridized carbons (Fsp3) is 0.167. The second-order valence-corrected chi connectivity index (χ2v) is 6.61. The molecule has 0 bridgehead atoms. The van der Waals surface area contributed by atoms with Crippen LogP contribution in [0.4, 0.5) is 5.13 Å². The molecule has 0 saturated carbocycles. The molecule has 1 aliphatic rings. The van der Waals surface area contributed by atoms with Gasteiger partial charge in [0.2, 0.25) is 11.9 Å². The lowest BCUT2D eigenvalue weighted by Gasteiger charge is -2.06. The summed E-state index contributed by atoms with van der Waals surface area (Å²) in [5.41, 5.74) is 1.92. The Morgan fingerprint density at radius 1 is 1.19 bits per heavy atom. The Morgan fingerprint density at radius 2 is 2.08 bits per heavy atom. The summed E-state index contributed by atoms with van der Waals surface area (Å²) in [6.07, 6.45) is 0. The molecule has 1 aromatic heterocycles. The van der Waals surface area contributed by atoms with Crippen LogP contribution in [-0.4, -0.2) is 29.5 Å². The van der Waals surface area contributed by atoms with Gasteiger partial charge < -0.3 is 14.2 Å². The lowest BCUT2D eigenvalue weighted by Crippen LogP contribution is -2.20. The van der Waals surface area contributed by atoms with E-state index < -0.39 is 0 Å². The fourth-order valence-corrected chi connectivity index (χ4v) is 3.19. The summed E-state index contributed by atoms with van der Waals surface area (Å²) >= 11 is 1.28. The molecule has 3 aromatic rings. The van der Waals surface area contributed by atoms with E-state index in [2.05, 4.69) is 15.5 Å². The van der Waals surface area contributed by atoms with E-state index in [1.807, 2.05) is 49.4 Å². The van der Waals surface area contributed by atoms with Gasteiger partial charge in [0, 0.05) is 5.56 Å². The number of nitrogens with zero attached hydrogens (tertiary/aromatic N) is 2. The lowest BCUT2D eigenvalue weighted by atomic mass is 10.2. The van der Waals surface area contributed by atoms with E-state index >= 15 is 0 Å². The van der Waals surface area contributed by atoms with Gasteiger partial charge in [-0.2, -0.15) is 0 Å². The Balaban J connectivity index is 1.38. The summed E-state index contributed by atoms with van der Waals surface area (Å²) in [5.74, 6) is 1.74. The Hall–Kier alpha value is -3.13. The van der Waals surface area contributed by atoms with Crippen molar-refractivity contribution >= 4 is 22.4 Å². The molecule has 0 atom stereocenters. The first-order valence-electron chi connectivity index (χ1n) is 7.90. The number of fused-ring (bicyclic) bond motifs is 1. The molecule has 0 fully saturated rings. The van der Waals surface area contributed by atoms with Gasteiger partial charge in [0.25, 0.3) is 5.91 Å². The smallest absolute Gasteiger partial charge is 0.264 e. The van der Waals surface area contributed by atoms with Crippen LogP contribution < -0.4 is 19.5 Å². The molecule has 0 saturated heterocycles. The molecular weight excluding hydrogens is 354 g/mol. The molecule has 8 heteroatoms. The third kappa shape index (κ3) is 3.60. The van der Waals surface area contributed by atoms with Gasteiger partial charge in [0.15, 0.2) is 18.1 Å². The minimum atomic E-state index is -0.292. The highest BCUT2D eigenvalue weighted by molar-refractivity contribution is 7.18. The normalized spacial score (nSPS) is 12.0. The van der Waals surface area contributed by atoms with E-state index in [1.54, 1.807) is 0 Å². The van der Waals surface area contributed by atoms with Gasteiger partial charge in [0.1, 0.15) is 10.8 Å². The number of nitrogens with one attached hydrogen (secondary N) is 1. The van der Waals surface area contributed by atoms with E-state index in [4.69, 9.17) is 14.2 Å². The largest absolute Gasteiger partial charge is 0.484 e. The van der Waals surface area contributed by atoms with Crippen LogP contribution in [0, 0.1) is 6.92 Å². The van der Waals surface area contributed by atoms with Crippen LogP contribution in [0.5, 0.6) is 17.2 Å². The molecule has 0 unspecified atom stereocenters. The molecule has 1 aliphatic heterocycles. The molecule has 1 amide bonds. The molecule has 0 aliphatic carbocycles. The molecule has 0 spiro atoms. The molecule has 4 rings (SSSR count). The molecule has 0 radical (unpaired) electrons. The standard InChI is InChI=1S/C18H15N3O4S/c1-11-3-2-4-13(7-11)23-9-16(22)19-18-21-20-17(26-18)12-5-6-14-15(8-12)25-10-24-14/h2-8H,9-10H2,1H3,(H,19,21,22). The minimum Gasteiger partial charge on any atom is -0.484 e. The van der Waals surface area contributed by atoms with E-state index in [9.17, 15) is 4.79 Å². The van der Waals surface area contributed by atoms with Crippen LogP contribution >= 0.6 is 11.3 Å². The number of aryl methyl sites for hydroxylation is 1. The van der Waals surface area contributed by atoms with Crippen molar-refractivity contribution in [1.29, 1.82) is 0 Å². The maximum absolute atomic E-state index is 12.0. The Morgan fingerprint density at radius 3 is 2.96 bits per heavy atom. The number of carbonyl (C=O) groups is 1. The summed E-state index contributed by atoms with van der Waals surface area (Å²) in [6.45, 7) is 2.09. The quantitative estimate of drug-likeness (QED) is 0.743. The number of ether oxygens (including phenoxy) is 3. The second kappa shape index (κ2) is 7.01. The summed E-state index contributed by atoms with van der Waals surface area (Å²) < 4.78 is 16.1. The van der Waals surface area contributed by atoms with E-state index in [1.165, 1.54) is 11.3 Å². The maximum Gasteiger partial charge on any atom is 0.264 e. The predicted octanol–water partition coefficient (Wildman–Crippen LogP) is 3.26. The molecule has 132 valence electrons. The van der Waals surface area contributed by atoms with Crippen molar-refractivity contribution in [2.24, 2.45) is 0 Å². The summed E-state index contributed by atoms with van der Waals surface area (Å²) in [6, 6.07) is 13.1. The van der Waals surface area contributed by atoms with Crippen molar-refractivity contribution in [3.05, 3.63) is 48.0 Å². The van der Waals surface area contributed by atoms with Crippen molar-refractivity contribution in [3.63, 3.8) is 0 Å². The maximum atomic E-state index is 12.0. The van der Waals surface area contributed by atoms with Gasteiger partial charge in [0.05, 0.1) is 0 Å². The average Bonchev–Trinajstić information content (AvgIpc) is 3.28. The highest BCUT2D eigenvalue weighted by Crippen LogP contribution is 2.37. The number of carbonyl (C=O) groups excluding carboxylic acids is 1. The number of hydrogen-bond donors (Lipinski definition) is 1. The van der Waals surface area contributed by atoms with Crippen molar-refractivity contribution in [2.45, 2.75) is 6.92 Å². The lowest BCUT2D eigenvalue weighted by molar-refractivity contribution is -0.118. The number of aromatic nitrogens is 2. The van der Waals surface area contributed by atoms with Crippen LogP contribution in [0.3, 0.4) is 0 Å². The number of benzene rings is 2. The molecule has 26 heavy (non-hydrogen) atoms. The second-order valence-electron chi connectivity index (χ2n) is 5.63. The molecule has 1 N–H and O–H groups in total. The predicted molar refractivity (Wildman–Crippen MR) is 96.8 cm³/mol. The molecule has 7 nitrogen and oxygen atoms in total. The zero-order chi connectivity index (χ0) is 17.9. The van der Waals surface area contributed by atoms with Crippen LogP contribution in [0.2, 0.25) is 0 Å². The van der Waals surface area contributed by atoms with E-state index in [0.717, 1.165) is 11.1 Å². The van der Waals surface area contributed by atoms with Crippen molar-refractivity contribution in [2.75, 3.05) is 18.7 Å². The third-order valence-electron chi connectivity index (χ3n) is 3.65. The van der Waals surface area contributed by atoms with E-state index in [-0.39, 0.29) is 19.3 Å². The first-order chi connectivity index (χ1) is 12.7. The Labute approximate surface area is 153 Å². The Kier molecular flexibility index (Phi) is 4.40. The highest BCUT2D eigenvalue weighted by Gasteiger charge is 2.16. The Bertz CT molecular complexity index is 957. The van der Waals surface area contributed by atoms with Gasteiger partial charge in [-0.25, -0.2) is 0 Å². The van der Waals surface area contributed by atoms with Gasteiger partial charge in [-0.1, -0.05) is 23.5 Å². The van der Waals surface area contributed by atoms with Crippen LogP contribution in [0.1, 0.15) is 5.56 Å². The van der Waals surface area contributed by atoms with Crippen molar-refractivity contribution in [3.8, 4) is 27.8 Å². The zero-order valence-electron chi connectivity index (χ0n) is 13.9. The van der Waals surface area contributed by atoms with Crippen LogP contribution in [0.25, 0.3) is 10.6 Å². The monoisotopic (exact) mass is 369 g/mol. The molecule has 2 heterocycles. The molecular formula is C18H15N3O4S. The van der Waals surface area contributed by atoms with Crippen molar-refractivity contribution < 1.29 is 19.0 Å². The van der Waals surface area contributed by atoms with E-state index in [0.29, 0.717) is 27.4 Å². The van der Waals surface area contributed by atoms with Gasteiger partial charge >= 0.3 is 0 Å². The van der Waals surface area contributed by atoms with Gasteiger partial charge in [-0.3, -0.25) is 10.1 Å². The first kappa shape index (κ1) is 16.3. The summed E-state index contributed by atoms with van der Waals surface area (Å²) in [5, 5.41) is 11.9. The number of hydrogen-bond acceptors (Lipinski definition) is 7. The fourth-order valence-electron chi connectivity index (χ4n) is 2.43. The van der Waals surface area contributed by atoms with Gasteiger partial charge in [-0.15, -0.1) is 10.2 Å². The highest BCUT2D eigenvalue weighted by atomic mass is 32.1. The summed E-state index contributed by atoms with van der Waals surface area (Å²) in [4.78, 5) is 12.0. The minimum absolute atomic E-state index is 0.0949. The van der Waals surface area contributed by atoms with Crippen LogP contribution in [0.15, 0.2) is 42.5 Å². The van der Waals surface area contributed by atoms with Gasteiger partial charge in [-0.05, 0) is 42.8 Å². The number of anilines is 1. The summed E-state index contributed by atoms with van der Waals surface area (Å²) in [7, 11) is 0.